The van der Waals surface area contributed by atoms with Crippen molar-refractivity contribution in [3.8, 4) is 11.5 Å². The third-order valence-electron chi connectivity index (χ3n) is 2.63. The van der Waals surface area contributed by atoms with Crippen LogP contribution in [0.25, 0.3) is 5.57 Å². The van der Waals surface area contributed by atoms with Crippen molar-refractivity contribution < 1.29 is 52.1 Å². The third-order valence-corrected chi connectivity index (χ3v) is 2.63. The van der Waals surface area contributed by atoms with Crippen LogP contribution in [0.2, 0.25) is 0 Å². The van der Waals surface area contributed by atoms with Crippen LogP contribution in [0.4, 0.5) is 0 Å². The molecule has 1 radical (unpaired) electrons. The Balaban J connectivity index is 0.00000220. The van der Waals surface area contributed by atoms with Crippen LogP contribution in [0, 0.1) is 6.07 Å². The molecule has 0 atom stereocenters. The maximum Gasteiger partial charge on any atom is 0.341 e. The third kappa shape index (κ3) is 4.41. The summed E-state index contributed by atoms with van der Waals surface area (Å²) >= 11 is 0. The van der Waals surface area contributed by atoms with Gasteiger partial charge in [0, 0.05) is 44.0 Å². The Labute approximate surface area is 148 Å². The zero-order valence-electron chi connectivity index (χ0n) is 11.4. The Morgan fingerprint density at radius 1 is 1.19 bits per heavy atom. The SMILES string of the molecule is COC(=O)C(=CO)c1ccccc1Oc1cc[c-]cc1.[Y]. The van der Waals surface area contributed by atoms with E-state index in [9.17, 15) is 9.90 Å². The number of hydrogen-bond donors (Lipinski definition) is 1. The molecule has 0 amide bonds. The maximum atomic E-state index is 11.6. The van der Waals surface area contributed by atoms with E-state index in [4.69, 9.17) is 4.74 Å². The molecule has 2 rings (SSSR count). The van der Waals surface area contributed by atoms with Gasteiger partial charge < -0.3 is 14.6 Å². The van der Waals surface area contributed by atoms with Crippen LogP contribution < -0.4 is 4.74 Å². The van der Waals surface area contributed by atoms with Crippen molar-refractivity contribution in [2.75, 3.05) is 7.11 Å². The quantitative estimate of drug-likeness (QED) is 0.394. The van der Waals surface area contributed by atoms with E-state index in [1.54, 1.807) is 48.5 Å². The Bertz CT molecular complexity index is 623. The van der Waals surface area contributed by atoms with E-state index in [-0.39, 0.29) is 38.3 Å². The van der Waals surface area contributed by atoms with Crippen molar-refractivity contribution in [3.63, 3.8) is 0 Å². The molecular formula is C16H13O4Y-. The number of benzene rings is 2. The number of carbonyl (C=O) groups is 1. The summed E-state index contributed by atoms with van der Waals surface area (Å²) in [7, 11) is 1.25. The predicted octanol–water partition coefficient (Wildman–Crippen LogP) is 3.35. The van der Waals surface area contributed by atoms with Crippen molar-refractivity contribution in [1.29, 1.82) is 0 Å². The van der Waals surface area contributed by atoms with E-state index in [0.717, 1.165) is 0 Å². The van der Waals surface area contributed by atoms with Gasteiger partial charge in [0.15, 0.2) is 0 Å². The van der Waals surface area contributed by atoms with E-state index in [0.29, 0.717) is 23.3 Å². The van der Waals surface area contributed by atoms with Crippen LogP contribution in [0.1, 0.15) is 5.56 Å². The summed E-state index contributed by atoms with van der Waals surface area (Å²) < 4.78 is 10.3. The molecule has 0 saturated carbocycles. The van der Waals surface area contributed by atoms with Crippen molar-refractivity contribution in [2.24, 2.45) is 0 Å². The van der Waals surface area contributed by atoms with Crippen LogP contribution in [0.15, 0.2) is 54.8 Å². The molecule has 0 aliphatic rings. The Kier molecular flexibility index (Phi) is 7.13. The smallest absolute Gasteiger partial charge is 0.341 e. The average molecular weight is 358 g/mol. The Morgan fingerprint density at radius 2 is 1.86 bits per heavy atom. The van der Waals surface area contributed by atoms with Gasteiger partial charge in [0.25, 0.3) is 0 Å². The minimum atomic E-state index is -0.634. The first-order valence-corrected chi connectivity index (χ1v) is 5.92. The predicted molar refractivity (Wildman–Crippen MR) is 74.4 cm³/mol. The van der Waals surface area contributed by atoms with Crippen LogP contribution in [-0.2, 0) is 42.2 Å². The molecule has 21 heavy (non-hydrogen) atoms. The average Bonchev–Trinajstić information content (AvgIpc) is 2.50. The number of methoxy groups -OCH3 is 1. The van der Waals surface area contributed by atoms with E-state index in [1.165, 1.54) is 7.11 Å². The first kappa shape index (κ1) is 17.4. The van der Waals surface area contributed by atoms with E-state index < -0.39 is 5.97 Å². The van der Waals surface area contributed by atoms with Gasteiger partial charge in [-0.2, -0.15) is 18.2 Å². The molecule has 0 unspecified atom stereocenters. The number of esters is 1. The molecule has 4 nitrogen and oxygen atoms in total. The van der Waals surface area contributed by atoms with Crippen molar-refractivity contribution in [2.45, 2.75) is 0 Å². The molecule has 0 spiro atoms. The van der Waals surface area contributed by atoms with E-state index in [1.807, 2.05) is 0 Å². The molecule has 105 valence electrons. The zero-order chi connectivity index (χ0) is 14.4. The van der Waals surface area contributed by atoms with Gasteiger partial charge in [0.1, 0.15) is 11.3 Å². The molecule has 5 heteroatoms. The van der Waals surface area contributed by atoms with Gasteiger partial charge in [-0.15, -0.1) is 12.1 Å². The summed E-state index contributed by atoms with van der Waals surface area (Å²) in [5.74, 6) is 0.424. The fourth-order valence-corrected chi connectivity index (χ4v) is 1.69. The largest absolute Gasteiger partial charge is 0.515 e. The van der Waals surface area contributed by atoms with Crippen LogP contribution in [0.5, 0.6) is 11.5 Å². The van der Waals surface area contributed by atoms with Gasteiger partial charge in [0.05, 0.1) is 13.4 Å². The number of aliphatic hydroxyl groups excluding tert-OH is 1. The number of hydrogen-bond acceptors (Lipinski definition) is 4. The van der Waals surface area contributed by atoms with Crippen molar-refractivity contribution in [3.05, 3.63) is 66.4 Å². The molecule has 1 N–H and O–H groups in total. The molecule has 0 aliphatic carbocycles. The second-order valence-electron chi connectivity index (χ2n) is 3.87. The standard InChI is InChI=1S/C16H13O4.Y/c1-19-16(18)14(11-17)13-9-5-6-10-15(13)20-12-7-3-2-4-8-12;/h3-11,17H,1H3;/q-1;. The summed E-state index contributed by atoms with van der Waals surface area (Å²) in [4.78, 5) is 11.6. The van der Waals surface area contributed by atoms with Gasteiger partial charge in [-0.25, -0.2) is 4.79 Å². The molecular weight excluding hydrogens is 345 g/mol. The van der Waals surface area contributed by atoms with Gasteiger partial charge in [-0.05, 0) is 6.07 Å². The number of carbonyl (C=O) groups excluding carboxylic acids is 1. The monoisotopic (exact) mass is 358 g/mol. The molecule has 0 saturated heterocycles. The van der Waals surface area contributed by atoms with Gasteiger partial charge in [-0.1, -0.05) is 18.2 Å². The first-order chi connectivity index (χ1) is 9.76. The van der Waals surface area contributed by atoms with Crippen molar-refractivity contribution in [1.82, 2.24) is 0 Å². The molecule has 0 fully saturated rings. The first-order valence-electron chi connectivity index (χ1n) is 5.92. The molecule has 0 bridgehead atoms. The molecule has 2 aromatic carbocycles. The van der Waals surface area contributed by atoms with Crippen molar-refractivity contribution >= 4 is 11.5 Å². The second-order valence-corrected chi connectivity index (χ2v) is 3.87. The number of ether oxygens (including phenoxy) is 2. The van der Waals surface area contributed by atoms with Gasteiger partial charge in [0.2, 0.25) is 0 Å². The Morgan fingerprint density at radius 3 is 2.48 bits per heavy atom. The molecule has 2 aromatic rings. The summed E-state index contributed by atoms with van der Waals surface area (Å²) in [6, 6.07) is 16.7. The fraction of sp³-hybridized carbons (Fsp3) is 0.0625. The molecule has 0 aliphatic heterocycles. The topological polar surface area (TPSA) is 55.8 Å². The number of para-hydroxylation sites is 1. The van der Waals surface area contributed by atoms with Gasteiger partial charge >= 0.3 is 5.97 Å². The number of aliphatic hydroxyl groups is 1. The van der Waals surface area contributed by atoms with E-state index >= 15 is 0 Å². The Hall–Kier alpha value is -1.65. The molecule has 0 aromatic heterocycles. The van der Waals surface area contributed by atoms with Crippen LogP contribution in [0.3, 0.4) is 0 Å². The maximum absolute atomic E-state index is 11.6. The second kappa shape index (κ2) is 8.60. The summed E-state index contributed by atoms with van der Waals surface area (Å²) in [5.41, 5.74) is 0.486. The minimum Gasteiger partial charge on any atom is -0.515 e. The van der Waals surface area contributed by atoms with Gasteiger partial charge in [-0.3, -0.25) is 0 Å². The normalized spacial score (nSPS) is 10.4. The summed E-state index contributed by atoms with van der Waals surface area (Å²) in [5, 5.41) is 9.25. The van der Waals surface area contributed by atoms with E-state index in [2.05, 4.69) is 10.8 Å². The fourth-order valence-electron chi connectivity index (χ4n) is 1.69. The number of rotatable bonds is 4. The van der Waals surface area contributed by atoms with Crippen LogP contribution >= 0.6 is 0 Å². The molecule has 0 heterocycles. The zero-order valence-corrected chi connectivity index (χ0v) is 14.3. The van der Waals surface area contributed by atoms with Crippen LogP contribution in [-0.4, -0.2) is 18.2 Å². The summed E-state index contributed by atoms with van der Waals surface area (Å²) in [6.45, 7) is 0. The minimum absolute atomic E-state index is 0. The summed E-state index contributed by atoms with van der Waals surface area (Å²) in [6.07, 6.45) is 0.715.